The third-order valence-electron chi connectivity index (χ3n) is 3.01. The highest BCUT2D eigenvalue weighted by Crippen LogP contribution is 2.27. The van der Waals surface area contributed by atoms with E-state index in [1.54, 1.807) is 26.4 Å². The molecule has 2 aromatic carbocycles. The molecule has 0 heterocycles. The van der Waals surface area contributed by atoms with Crippen molar-refractivity contribution in [3.8, 4) is 11.5 Å². The topological polar surface area (TPSA) is 47.6 Å². The number of halogens is 1. The SMILES string of the molecule is COc1ccc(CNC(=O)c2ccc(F)cc2)cc1OC. The number of methoxy groups -OCH3 is 2. The van der Waals surface area contributed by atoms with Crippen LogP contribution in [-0.4, -0.2) is 20.1 Å². The molecule has 5 heteroatoms. The third kappa shape index (κ3) is 3.72. The lowest BCUT2D eigenvalue weighted by molar-refractivity contribution is 0.0951. The second-order valence-electron chi connectivity index (χ2n) is 4.38. The fourth-order valence-electron chi connectivity index (χ4n) is 1.88. The summed E-state index contributed by atoms with van der Waals surface area (Å²) in [4.78, 5) is 11.9. The maximum Gasteiger partial charge on any atom is 0.251 e. The van der Waals surface area contributed by atoms with Gasteiger partial charge in [-0.15, -0.1) is 0 Å². The molecule has 0 spiro atoms. The number of ether oxygens (including phenoxy) is 2. The first-order chi connectivity index (χ1) is 10.1. The van der Waals surface area contributed by atoms with Crippen molar-refractivity contribution in [1.82, 2.24) is 5.32 Å². The van der Waals surface area contributed by atoms with E-state index in [4.69, 9.17) is 9.47 Å². The van der Waals surface area contributed by atoms with Gasteiger partial charge in [0.15, 0.2) is 11.5 Å². The van der Waals surface area contributed by atoms with Crippen LogP contribution in [0.2, 0.25) is 0 Å². The normalized spacial score (nSPS) is 10.0. The Hall–Kier alpha value is -2.56. The van der Waals surface area contributed by atoms with Crippen LogP contribution < -0.4 is 14.8 Å². The van der Waals surface area contributed by atoms with Gasteiger partial charge in [0.2, 0.25) is 0 Å². The van der Waals surface area contributed by atoms with Gasteiger partial charge in [0.25, 0.3) is 5.91 Å². The average molecular weight is 289 g/mol. The fraction of sp³-hybridized carbons (Fsp3) is 0.188. The van der Waals surface area contributed by atoms with Crippen LogP contribution in [-0.2, 0) is 6.54 Å². The first-order valence-electron chi connectivity index (χ1n) is 6.38. The van der Waals surface area contributed by atoms with Crippen LogP contribution in [0, 0.1) is 5.82 Å². The average Bonchev–Trinajstić information content (AvgIpc) is 2.52. The van der Waals surface area contributed by atoms with E-state index < -0.39 is 0 Å². The quantitative estimate of drug-likeness (QED) is 0.920. The number of hydrogen-bond donors (Lipinski definition) is 1. The number of carbonyl (C=O) groups excluding carboxylic acids is 1. The molecule has 2 aromatic rings. The van der Waals surface area contributed by atoms with Crippen LogP contribution >= 0.6 is 0 Å². The summed E-state index contributed by atoms with van der Waals surface area (Å²) in [6, 6.07) is 10.8. The maximum absolute atomic E-state index is 12.8. The molecule has 0 saturated carbocycles. The number of benzene rings is 2. The second kappa shape index (κ2) is 6.74. The minimum atomic E-state index is -0.369. The van der Waals surface area contributed by atoms with Crippen molar-refractivity contribution in [2.24, 2.45) is 0 Å². The van der Waals surface area contributed by atoms with E-state index in [1.807, 2.05) is 6.07 Å². The first-order valence-corrected chi connectivity index (χ1v) is 6.38. The molecular weight excluding hydrogens is 273 g/mol. The highest BCUT2D eigenvalue weighted by atomic mass is 19.1. The van der Waals surface area contributed by atoms with Crippen LogP contribution in [0.25, 0.3) is 0 Å². The van der Waals surface area contributed by atoms with E-state index in [0.717, 1.165) is 5.56 Å². The van der Waals surface area contributed by atoms with Gasteiger partial charge < -0.3 is 14.8 Å². The Balaban J connectivity index is 2.02. The summed E-state index contributed by atoms with van der Waals surface area (Å²) < 4.78 is 23.1. The lowest BCUT2D eigenvalue weighted by Crippen LogP contribution is -2.22. The van der Waals surface area contributed by atoms with E-state index in [0.29, 0.717) is 23.6 Å². The third-order valence-corrected chi connectivity index (χ3v) is 3.01. The molecule has 0 aromatic heterocycles. The van der Waals surface area contributed by atoms with Crippen LogP contribution in [0.5, 0.6) is 11.5 Å². The number of hydrogen-bond acceptors (Lipinski definition) is 3. The maximum atomic E-state index is 12.8. The number of carbonyl (C=O) groups is 1. The first kappa shape index (κ1) is 14.8. The molecule has 0 saturated heterocycles. The summed E-state index contributed by atoms with van der Waals surface area (Å²) in [6.07, 6.45) is 0. The van der Waals surface area contributed by atoms with Crippen LogP contribution in [0.1, 0.15) is 15.9 Å². The van der Waals surface area contributed by atoms with Gasteiger partial charge >= 0.3 is 0 Å². The molecule has 110 valence electrons. The van der Waals surface area contributed by atoms with Gasteiger partial charge in [0.05, 0.1) is 14.2 Å². The molecule has 0 bridgehead atoms. The van der Waals surface area contributed by atoms with Gasteiger partial charge in [-0.3, -0.25) is 4.79 Å². The minimum Gasteiger partial charge on any atom is -0.493 e. The summed E-state index contributed by atoms with van der Waals surface area (Å²) >= 11 is 0. The zero-order valence-electron chi connectivity index (χ0n) is 11.9. The summed E-state index contributed by atoms with van der Waals surface area (Å²) in [5, 5.41) is 2.77. The van der Waals surface area contributed by atoms with E-state index >= 15 is 0 Å². The van der Waals surface area contributed by atoms with Crippen LogP contribution in [0.15, 0.2) is 42.5 Å². The van der Waals surface area contributed by atoms with Gasteiger partial charge in [-0.2, -0.15) is 0 Å². The van der Waals surface area contributed by atoms with Crippen molar-refractivity contribution >= 4 is 5.91 Å². The fourth-order valence-corrected chi connectivity index (χ4v) is 1.88. The molecule has 1 N–H and O–H groups in total. The standard InChI is InChI=1S/C16H16FNO3/c1-20-14-8-3-11(9-15(14)21-2)10-18-16(19)12-4-6-13(17)7-5-12/h3-9H,10H2,1-2H3,(H,18,19). The molecule has 0 atom stereocenters. The molecule has 1 amide bonds. The number of nitrogens with one attached hydrogen (secondary N) is 1. The molecule has 2 rings (SSSR count). The van der Waals surface area contributed by atoms with Crippen LogP contribution in [0.3, 0.4) is 0 Å². The van der Waals surface area contributed by atoms with Gasteiger partial charge in [-0.1, -0.05) is 6.07 Å². The van der Waals surface area contributed by atoms with Crippen molar-refractivity contribution in [3.05, 3.63) is 59.4 Å². The van der Waals surface area contributed by atoms with Crippen molar-refractivity contribution in [2.75, 3.05) is 14.2 Å². The van der Waals surface area contributed by atoms with Crippen molar-refractivity contribution in [2.45, 2.75) is 6.54 Å². The van der Waals surface area contributed by atoms with Gasteiger partial charge in [-0.05, 0) is 42.0 Å². The Morgan fingerprint density at radius 2 is 1.71 bits per heavy atom. The molecule has 0 aliphatic heterocycles. The summed E-state index contributed by atoms with van der Waals surface area (Å²) in [5.74, 6) is 0.605. The molecular formula is C16H16FNO3. The second-order valence-corrected chi connectivity index (χ2v) is 4.38. The zero-order valence-corrected chi connectivity index (χ0v) is 11.9. The van der Waals surface area contributed by atoms with E-state index in [2.05, 4.69) is 5.32 Å². The van der Waals surface area contributed by atoms with Gasteiger partial charge in [0, 0.05) is 12.1 Å². The van der Waals surface area contributed by atoms with Gasteiger partial charge in [0.1, 0.15) is 5.82 Å². The molecule has 0 radical (unpaired) electrons. The van der Waals surface area contributed by atoms with Crippen molar-refractivity contribution in [3.63, 3.8) is 0 Å². The summed E-state index contributed by atoms with van der Waals surface area (Å²) in [6.45, 7) is 0.344. The monoisotopic (exact) mass is 289 g/mol. The van der Waals surface area contributed by atoms with E-state index in [-0.39, 0.29) is 11.7 Å². The predicted octanol–water partition coefficient (Wildman–Crippen LogP) is 2.77. The number of amides is 1. The Labute approximate surface area is 122 Å². The molecule has 4 nitrogen and oxygen atoms in total. The Bertz CT molecular complexity index is 626. The lowest BCUT2D eigenvalue weighted by Gasteiger charge is -2.10. The van der Waals surface area contributed by atoms with Crippen molar-refractivity contribution in [1.29, 1.82) is 0 Å². The Morgan fingerprint density at radius 1 is 1.05 bits per heavy atom. The van der Waals surface area contributed by atoms with Crippen molar-refractivity contribution < 1.29 is 18.7 Å². The minimum absolute atomic E-state index is 0.259. The molecule has 21 heavy (non-hydrogen) atoms. The molecule has 0 fully saturated rings. The van der Waals surface area contributed by atoms with E-state index in [1.165, 1.54) is 24.3 Å². The van der Waals surface area contributed by atoms with Crippen LogP contribution in [0.4, 0.5) is 4.39 Å². The summed E-state index contributed by atoms with van der Waals surface area (Å²) in [5.41, 5.74) is 1.29. The molecule has 0 unspecified atom stereocenters. The molecule has 0 aliphatic rings. The van der Waals surface area contributed by atoms with E-state index in [9.17, 15) is 9.18 Å². The Kier molecular flexibility index (Phi) is 4.77. The smallest absolute Gasteiger partial charge is 0.251 e. The molecule has 0 aliphatic carbocycles. The largest absolute Gasteiger partial charge is 0.493 e. The predicted molar refractivity (Wildman–Crippen MR) is 77.1 cm³/mol. The number of rotatable bonds is 5. The highest BCUT2D eigenvalue weighted by molar-refractivity contribution is 5.94. The highest BCUT2D eigenvalue weighted by Gasteiger charge is 2.07. The zero-order chi connectivity index (χ0) is 15.2. The lowest BCUT2D eigenvalue weighted by atomic mass is 10.1. The van der Waals surface area contributed by atoms with Gasteiger partial charge in [-0.25, -0.2) is 4.39 Å². The summed E-state index contributed by atoms with van der Waals surface area (Å²) in [7, 11) is 3.12. The Morgan fingerprint density at radius 3 is 2.33 bits per heavy atom.